The van der Waals surface area contributed by atoms with Gasteiger partial charge in [-0.05, 0) is 24.3 Å². The van der Waals surface area contributed by atoms with Crippen LogP contribution in [0.15, 0.2) is 36.7 Å². The Kier molecular flexibility index (Phi) is 3.57. The smallest absolute Gasteiger partial charge is 0.305 e. The van der Waals surface area contributed by atoms with E-state index in [2.05, 4.69) is 5.10 Å². The van der Waals surface area contributed by atoms with E-state index in [0.717, 1.165) is 0 Å². The van der Waals surface area contributed by atoms with Gasteiger partial charge in [-0.3, -0.25) is 9.48 Å². The topological polar surface area (TPSA) is 64.3 Å². The molecule has 0 amide bonds. The second kappa shape index (κ2) is 5.31. The molecule has 1 aromatic heterocycles. The first-order valence-electron chi connectivity index (χ1n) is 5.31. The van der Waals surface area contributed by atoms with Crippen molar-refractivity contribution in [2.24, 2.45) is 0 Å². The summed E-state index contributed by atoms with van der Waals surface area (Å²) in [5.74, 6) is -0.243. The van der Waals surface area contributed by atoms with Gasteiger partial charge in [-0.1, -0.05) is 0 Å². The van der Waals surface area contributed by atoms with Crippen LogP contribution in [0.3, 0.4) is 0 Å². The van der Waals surface area contributed by atoms with Gasteiger partial charge < -0.3 is 9.84 Å². The summed E-state index contributed by atoms with van der Waals surface area (Å²) in [5.41, 5.74) is 0. The van der Waals surface area contributed by atoms with Crippen molar-refractivity contribution in [3.05, 3.63) is 42.5 Å². The minimum Gasteiger partial charge on any atom is -0.481 e. The summed E-state index contributed by atoms with van der Waals surface area (Å²) in [6.07, 6.45) is 3.06. The van der Waals surface area contributed by atoms with Gasteiger partial charge in [0.25, 0.3) is 0 Å². The van der Waals surface area contributed by atoms with Crippen LogP contribution < -0.4 is 4.74 Å². The number of aliphatic carboxylic acids is 1. The summed E-state index contributed by atoms with van der Waals surface area (Å²) < 4.78 is 19.6. The molecule has 0 aliphatic carbocycles. The largest absolute Gasteiger partial charge is 0.481 e. The van der Waals surface area contributed by atoms with Crippen molar-refractivity contribution in [2.75, 3.05) is 0 Å². The van der Waals surface area contributed by atoms with Crippen molar-refractivity contribution >= 4 is 5.97 Å². The molecule has 94 valence electrons. The molecule has 0 fully saturated rings. The van der Waals surface area contributed by atoms with Gasteiger partial charge in [0.2, 0.25) is 0 Å². The number of carboxylic acid groups (broad SMARTS) is 1. The molecule has 0 aliphatic heterocycles. The summed E-state index contributed by atoms with van der Waals surface area (Å²) in [5, 5.41) is 12.5. The molecular weight excluding hydrogens is 239 g/mol. The van der Waals surface area contributed by atoms with Gasteiger partial charge in [0.15, 0.2) is 5.75 Å². The third-order valence-corrected chi connectivity index (χ3v) is 2.21. The van der Waals surface area contributed by atoms with Gasteiger partial charge in [-0.2, -0.15) is 5.10 Å². The van der Waals surface area contributed by atoms with Crippen molar-refractivity contribution in [1.29, 1.82) is 0 Å². The molecule has 1 aromatic carbocycles. The average molecular weight is 250 g/mol. The highest BCUT2D eigenvalue weighted by Crippen LogP contribution is 2.20. The molecule has 0 saturated carbocycles. The van der Waals surface area contributed by atoms with Gasteiger partial charge in [0, 0.05) is 0 Å². The molecular formula is C12H11FN2O3. The number of ether oxygens (including phenoxy) is 1. The second-order valence-corrected chi connectivity index (χ2v) is 3.64. The van der Waals surface area contributed by atoms with E-state index in [1.165, 1.54) is 35.1 Å². The van der Waals surface area contributed by atoms with E-state index in [0.29, 0.717) is 11.5 Å². The zero-order chi connectivity index (χ0) is 13.0. The van der Waals surface area contributed by atoms with Gasteiger partial charge in [-0.25, -0.2) is 4.39 Å². The second-order valence-electron chi connectivity index (χ2n) is 3.64. The molecule has 1 N–H and O–H groups in total. The lowest BCUT2D eigenvalue weighted by Gasteiger charge is -2.01. The number of rotatable bonds is 5. The predicted molar refractivity (Wildman–Crippen MR) is 61.0 cm³/mol. The Labute approximate surface area is 102 Å². The lowest BCUT2D eigenvalue weighted by atomic mass is 10.3. The molecule has 18 heavy (non-hydrogen) atoms. The highest BCUT2D eigenvalue weighted by atomic mass is 19.1. The Morgan fingerprint density at radius 2 is 2.06 bits per heavy atom. The quantitative estimate of drug-likeness (QED) is 0.884. The van der Waals surface area contributed by atoms with Crippen LogP contribution in [0.2, 0.25) is 0 Å². The SMILES string of the molecule is O=C(O)CCn1cc(Oc2ccc(F)cc2)cn1. The first kappa shape index (κ1) is 12.1. The maximum Gasteiger partial charge on any atom is 0.305 e. The number of carbonyl (C=O) groups is 1. The Morgan fingerprint density at radius 3 is 2.72 bits per heavy atom. The highest BCUT2D eigenvalue weighted by Gasteiger charge is 2.03. The van der Waals surface area contributed by atoms with Gasteiger partial charge in [-0.15, -0.1) is 0 Å². The minimum absolute atomic E-state index is 0.00231. The van der Waals surface area contributed by atoms with Crippen molar-refractivity contribution in [1.82, 2.24) is 9.78 Å². The van der Waals surface area contributed by atoms with Crippen LogP contribution in [0.25, 0.3) is 0 Å². The third kappa shape index (κ3) is 3.31. The van der Waals surface area contributed by atoms with E-state index < -0.39 is 5.97 Å². The Morgan fingerprint density at radius 1 is 1.33 bits per heavy atom. The van der Waals surface area contributed by atoms with E-state index >= 15 is 0 Å². The molecule has 1 heterocycles. The monoisotopic (exact) mass is 250 g/mol. The highest BCUT2D eigenvalue weighted by molar-refractivity contribution is 5.66. The molecule has 2 aromatic rings. The molecule has 0 radical (unpaired) electrons. The fourth-order valence-corrected chi connectivity index (χ4v) is 1.37. The summed E-state index contributed by atoms with van der Waals surface area (Å²) in [7, 11) is 0. The van der Waals surface area contributed by atoms with Crippen molar-refractivity contribution in [3.63, 3.8) is 0 Å². The molecule has 0 bridgehead atoms. The number of halogens is 1. The summed E-state index contributed by atoms with van der Waals surface area (Å²) in [6.45, 7) is 0.280. The van der Waals surface area contributed by atoms with Crippen LogP contribution in [0.1, 0.15) is 6.42 Å². The van der Waals surface area contributed by atoms with E-state index in [1.807, 2.05) is 0 Å². The van der Waals surface area contributed by atoms with Crippen LogP contribution >= 0.6 is 0 Å². The molecule has 2 rings (SSSR count). The first-order chi connectivity index (χ1) is 8.63. The zero-order valence-electron chi connectivity index (χ0n) is 9.41. The number of hydrogen-bond acceptors (Lipinski definition) is 3. The molecule has 0 atom stereocenters. The zero-order valence-corrected chi connectivity index (χ0v) is 9.41. The molecule has 0 saturated heterocycles. The predicted octanol–water partition coefficient (Wildman–Crippen LogP) is 2.29. The summed E-state index contributed by atoms with van der Waals surface area (Å²) in [6, 6.07) is 5.60. The Hall–Kier alpha value is -2.37. The van der Waals surface area contributed by atoms with Crippen LogP contribution in [-0.2, 0) is 11.3 Å². The Bertz CT molecular complexity index is 537. The van der Waals surface area contributed by atoms with Gasteiger partial charge in [0.05, 0.1) is 25.4 Å². The number of nitrogens with zero attached hydrogens (tertiary/aromatic N) is 2. The molecule has 6 heteroatoms. The third-order valence-electron chi connectivity index (χ3n) is 2.21. The van der Waals surface area contributed by atoms with Gasteiger partial charge in [0.1, 0.15) is 11.6 Å². The standard InChI is InChI=1S/C12H11FN2O3/c13-9-1-3-10(4-2-9)18-11-7-14-15(8-11)6-5-12(16)17/h1-4,7-8H,5-6H2,(H,16,17). The van der Waals surface area contributed by atoms with Crippen molar-refractivity contribution in [2.45, 2.75) is 13.0 Å². The Balaban J connectivity index is 1.97. The van der Waals surface area contributed by atoms with Crippen LogP contribution in [0.4, 0.5) is 4.39 Å². The molecule has 5 nitrogen and oxygen atoms in total. The normalized spacial score (nSPS) is 10.3. The first-order valence-corrected chi connectivity index (χ1v) is 5.31. The van der Waals surface area contributed by atoms with Crippen LogP contribution in [0, 0.1) is 5.82 Å². The van der Waals surface area contributed by atoms with Crippen LogP contribution in [0.5, 0.6) is 11.5 Å². The van der Waals surface area contributed by atoms with Crippen LogP contribution in [-0.4, -0.2) is 20.9 Å². The van der Waals surface area contributed by atoms with E-state index in [1.54, 1.807) is 6.20 Å². The van der Waals surface area contributed by atoms with Gasteiger partial charge >= 0.3 is 5.97 Å². The van der Waals surface area contributed by atoms with Crippen molar-refractivity contribution < 1.29 is 19.0 Å². The fourth-order valence-electron chi connectivity index (χ4n) is 1.37. The number of benzene rings is 1. The molecule has 0 aliphatic rings. The summed E-state index contributed by atoms with van der Waals surface area (Å²) >= 11 is 0. The van der Waals surface area contributed by atoms with E-state index in [-0.39, 0.29) is 18.8 Å². The van der Waals surface area contributed by atoms with E-state index in [9.17, 15) is 9.18 Å². The minimum atomic E-state index is -0.883. The maximum atomic E-state index is 12.7. The lowest BCUT2D eigenvalue weighted by Crippen LogP contribution is -2.04. The fraction of sp³-hybridized carbons (Fsp3) is 0.167. The van der Waals surface area contributed by atoms with E-state index in [4.69, 9.17) is 9.84 Å². The average Bonchev–Trinajstić information content (AvgIpc) is 2.77. The maximum absolute atomic E-state index is 12.7. The lowest BCUT2D eigenvalue weighted by molar-refractivity contribution is -0.137. The number of aryl methyl sites for hydroxylation is 1. The summed E-state index contributed by atoms with van der Waals surface area (Å²) in [4.78, 5) is 10.4. The molecule has 0 unspecified atom stereocenters. The number of carboxylic acids is 1. The molecule has 0 spiro atoms. The van der Waals surface area contributed by atoms with Crippen molar-refractivity contribution in [3.8, 4) is 11.5 Å². The number of aromatic nitrogens is 2. The number of hydrogen-bond donors (Lipinski definition) is 1.